The Morgan fingerprint density at radius 3 is 2.29 bits per heavy atom. The zero-order valence-electron chi connectivity index (χ0n) is 8.87. The second-order valence-electron chi connectivity index (χ2n) is 3.32. The van der Waals surface area contributed by atoms with Crippen molar-refractivity contribution in [1.82, 2.24) is 4.72 Å². The molecule has 0 bridgehead atoms. The molecule has 0 aliphatic heterocycles. The van der Waals surface area contributed by atoms with Gasteiger partial charge in [0.2, 0.25) is 10.0 Å². The summed E-state index contributed by atoms with van der Waals surface area (Å²) in [5.41, 5.74) is 5.76. The van der Waals surface area contributed by atoms with Gasteiger partial charge in [-0.2, -0.15) is 4.72 Å². The van der Waals surface area contributed by atoms with Crippen molar-refractivity contribution in [2.24, 2.45) is 0 Å². The van der Waals surface area contributed by atoms with Crippen LogP contribution in [0.25, 0.3) is 0 Å². The van der Waals surface area contributed by atoms with E-state index in [0.717, 1.165) is 0 Å². The molecule has 0 spiro atoms. The number of nitrogen functional groups attached to an aromatic ring is 1. The lowest BCUT2D eigenvalue weighted by atomic mass is 10.3. The van der Waals surface area contributed by atoms with Crippen LogP contribution >= 0.6 is 23.2 Å². The van der Waals surface area contributed by atoms with Crippen molar-refractivity contribution in [2.75, 3.05) is 5.73 Å². The molecule has 0 saturated carbocycles. The predicted octanol–water partition coefficient (Wildman–Crippen LogP) is 1.88. The Bertz CT molecular complexity index is 555. The van der Waals surface area contributed by atoms with Crippen LogP contribution in [0.2, 0.25) is 10.0 Å². The van der Waals surface area contributed by atoms with Gasteiger partial charge < -0.3 is 5.73 Å². The van der Waals surface area contributed by atoms with Gasteiger partial charge in [-0.25, -0.2) is 8.42 Å². The van der Waals surface area contributed by atoms with Crippen molar-refractivity contribution in [3.05, 3.63) is 22.2 Å². The van der Waals surface area contributed by atoms with Crippen LogP contribution in [-0.2, 0) is 10.0 Å². The summed E-state index contributed by atoms with van der Waals surface area (Å²) >= 11 is 11.6. The molecule has 0 aliphatic rings. The second kappa shape index (κ2) is 5.15. The van der Waals surface area contributed by atoms with E-state index in [0.29, 0.717) is 0 Å². The van der Waals surface area contributed by atoms with E-state index in [4.69, 9.17) is 35.4 Å². The highest BCUT2D eigenvalue weighted by Gasteiger charge is 2.23. The number of sulfonamides is 1. The molecule has 1 aromatic carbocycles. The van der Waals surface area contributed by atoms with E-state index in [-0.39, 0.29) is 20.6 Å². The highest BCUT2D eigenvalue weighted by molar-refractivity contribution is 7.89. The van der Waals surface area contributed by atoms with Gasteiger partial charge in [0.05, 0.1) is 16.1 Å². The van der Waals surface area contributed by atoms with Gasteiger partial charge in [-0.3, -0.25) is 0 Å². The van der Waals surface area contributed by atoms with Crippen molar-refractivity contribution < 1.29 is 8.42 Å². The van der Waals surface area contributed by atoms with E-state index in [2.05, 4.69) is 10.6 Å². The molecule has 92 valence electrons. The second-order valence-corrected chi connectivity index (χ2v) is 5.79. The molecule has 3 N–H and O–H groups in total. The van der Waals surface area contributed by atoms with E-state index in [1.165, 1.54) is 19.1 Å². The van der Waals surface area contributed by atoms with Gasteiger partial charge in [0, 0.05) is 5.69 Å². The maximum Gasteiger partial charge on any atom is 0.244 e. The molecule has 0 amide bonds. The Morgan fingerprint density at radius 2 is 1.88 bits per heavy atom. The molecular formula is C10H10Cl2N2O2S. The molecule has 1 rings (SSSR count). The lowest BCUT2D eigenvalue weighted by molar-refractivity contribution is 0.578. The quantitative estimate of drug-likeness (QED) is 0.660. The maximum atomic E-state index is 11.9. The van der Waals surface area contributed by atoms with Crippen LogP contribution in [0.1, 0.15) is 6.92 Å². The summed E-state index contributed by atoms with van der Waals surface area (Å²) in [6.07, 6.45) is 5.09. The van der Waals surface area contributed by atoms with E-state index >= 15 is 0 Å². The van der Waals surface area contributed by atoms with Crippen molar-refractivity contribution in [1.29, 1.82) is 0 Å². The number of rotatable bonds is 3. The number of halogens is 2. The molecule has 1 unspecified atom stereocenters. The molecule has 1 aromatic rings. The molecule has 4 nitrogen and oxygen atoms in total. The number of nitrogens with one attached hydrogen (secondary N) is 1. The average Bonchev–Trinajstić information content (AvgIpc) is 2.14. The van der Waals surface area contributed by atoms with Gasteiger partial charge in [-0.1, -0.05) is 29.1 Å². The first-order chi connectivity index (χ1) is 7.77. The first-order valence-electron chi connectivity index (χ1n) is 4.51. The summed E-state index contributed by atoms with van der Waals surface area (Å²) in [5, 5.41) is -0.0987. The molecule has 0 fully saturated rings. The summed E-state index contributed by atoms with van der Waals surface area (Å²) < 4.78 is 26.1. The van der Waals surface area contributed by atoms with Gasteiger partial charge in [-0.15, -0.1) is 6.42 Å². The lowest BCUT2D eigenvalue weighted by Crippen LogP contribution is -2.31. The van der Waals surface area contributed by atoms with Gasteiger partial charge in [0.1, 0.15) is 4.90 Å². The van der Waals surface area contributed by atoms with Crippen LogP contribution in [0, 0.1) is 12.3 Å². The van der Waals surface area contributed by atoms with Crippen molar-refractivity contribution in [3.63, 3.8) is 0 Å². The first kappa shape index (κ1) is 14.1. The number of terminal acetylenes is 1. The van der Waals surface area contributed by atoms with Gasteiger partial charge >= 0.3 is 0 Å². The molecule has 7 heteroatoms. The fourth-order valence-corrected chi connectivity index (χ4v) is 3.56. The zero-order valence-corrected chi connectivity index (χ0v) is 11.2. The molecule has 0 aromatic heterocycles. The smallest absolute Gasteiger partial charge is 0.244 e. The Hall–Kier alpha value is -0.930. The summed E-state index contributed by atoms with van der Waals surface area (Å²) in [6, 6.07) is 1.95. The number of benzene rings is 1. The van der Waals surface area contributed by atoms with Crippen LogP contribution in [0.15, 0.2) is 17.0 Å². The Kier molecular flexibility index (Phi) is 4.28. The van der Waals surface area contributed by atoms with Crippen molar-refractivity contribution in [2.45, 2.75) is 17.9 Å². The number of anilines is 1. The predicted molar refractivity (Wildman–Crippen MR) is 69.5 cm³/mol. The number of nitrogens with two attached hydrogens (primary N) is 1. The topological polar surface area (TPSA) is 72.2 Å². The minimum atomic E-state index is -3.86. The average molecular weight is 293 g/mol. The SMILES string of the molecule is C#CC(C)NS(=O)(=O)c1c(Cl)cc(N)cc1Cl. The van der Waals surface area contributed by atoms with E-state index < -0.39 is 16.1 Å². The van der Waals surface area contributed by atoms with Gasteiger partial charge in [0.25, 0.3) is 0 Å². The van der Waals surface area contributed by atoms with E-state index in [1.807, 2.05) is 0 Å². The Balaban J connectivity index is 3.31. The summed E-state index contributed by atoms with van der Waals surface area (Å²) in [7, 11) is -3.86. The standard InChI is InChI=1S/C10H10Cl2N2O2S/c1-3-6(2)14-17(15,16)10-8(11)4-7(13)5-9(10)12/h1,4-6,14H,13H2,2H3. The van der Waals surface area contributed by atoms with Crippen molar-refractivity contribution >= 4 is 38.9 Å². The van der Waals surface area contributed by atoms with Crippen LogP contribution < -0.4 is 10.5 Å². The van der Waals surface area contributed by atoms with E-state index in [9.17, 15) is 8.42 Å². The molecular weight excluding hydrogens is 283 g/mol. The number of hydrogen-bond acceptors (Lipinski definition) is 3. The van der Waals surface area contributed by atoms with Crippen molar-refractivity contribution in [3.8, 4) is 12.3 Å². The largest absolute Gasteiger partial charge is 0.399 e. The van der Waals surface area contributed by atoms with Gasteiger partial charge in [0.15, 0.2) is 0 Å². The van der Waals surface area contributed by atoms with E-state index in [1.54, 1.807) is 0 Å². The number of hydrogen-bond donors (Lipinski definition) is 2. The van der Waals surface area contributed by atoms with Crippen LogP contribution in [0.5, 0.6) is 0 Å². The van der Waals surface area contributed by atoms with Crippen LogP contribution in [0.4, 0.5) is 5.69 Å². The third-order valence-electron chi connectivity index (χ3n) is 1.87. The van der Waals surface area contributed by atoms with Gasteiger partial charge in [-0.05, 0) is 19.1 Å². The molecule has 0 saturated heterocycles. The van der Waals surface area contributed by atoms with Crippen LogP contribution in [-0.4, -0.2) is 14.5 Å². The third kappa shape index (κ3) is 3.27. The zero-order chi connectivity index (χ0) is 13.2. The summed E-state index contributed by atoms with van der Waals surface area (Å²) in [6.45, 7) is 1.52. The fraction of sp³-hybridized carbons (Fsp3) is 0.200. The molecule has 17 heavy (non-hydrogen) atoms. The fourth-order valence-electron chi connectivity index (χ4n) is 1.16. The summed E-state index contributed by atoms with van der Waals surface area (Å²) in [4.78, 5) is -0.225. The molecule has 0 aliphatic carbocycles. The normalized spacial score (nSPS) is 13.1. The Morgan fingerprint density at radius 1 is 1.41 bits per heavy atom. The minimum absolute atomic E-state index is 0.0493. The summed E-state index contributed by atoms with van der Waals surface area (Å²) in [5.74, 6) is 2.24. The molecule has 0 radical (unpaired) electrons. The van der Waals surface area contributed by atoms with Crippen LogP contribution in [0.3, 0.4) is 0 Å². The minimum Gasteiger partial charge on any atom is -0.399 e. The monoisotopic (exact) mass is 292 g/mol. The molecule has 0 heterocycles. The highest BCUT2D eigenvalue weighted by Crippen LogP contribution is 2.31. The lowest BCUT2D eigenvalue weighted by Gasteiger charge is -2.12. The third-order valence-corrected chi connectivity index (χ3v) is 4.33. The molecule has 1 atom stereocenters. The maximum absolute atomic E-state index is 11.9. The Labute approximate surface area is 110 Å². The first-order valence-corrected chi connectivity index (χ1v) is 6.75. The highest BCUT2D eigenvalue weighted by atomic mass is 35.5.